The number of anilines is 1. The van der Waals surface area contributed by atoms with Crippen molar-refractivity contribution in [2.24, 2.45) is 0 Å². The Kier molecular flexibility index (Phi) is 7.10. The summed E-state index contributed by atoms with van der Waals surface area (Å²) in [5.74, 6) is -0.0983. The lowest BCUT2D eigenvalue weighted by molar-refractivity contribution is 0.0964. The molecule has 43 heavy (non-hydrogen) atoms. The Balaban J connectivity index is 1.58. The van der Waals surface area contributed by atoms with Crippen molar-refractivity contribution in [3.63, 3.8) is 0 Å². The molecule has 0 unspecified atom stereocenters. The molecule has 0 aliphatic rings. The molecule has 6 aromatic rings. The number of hydrogen-bond donors (Lipinski definition) is 1. The molecule has 9 nitrogen and oxygen atoms in total. The summed E-state index contributed by atoms with van der Waals surface area (Å²) >= 11 is 1.41. The van der Waals surface area contributed by atoms with E-state index in [1.807, 2.05) is 30.3 Å². The number of nitrogens with zero attached hydrogens (tertiary/aromatic N) is 3. The Hall–Kier alpha value is -4.81. The van der Waals surface area contributed by atoms with Gasteiger partial charge in [-0.1, -0.05) is 29.5 Å². The second-order valence-corrected chi connectivity index (χ2v) is 12.8. The molecule has 0 fully saturated rings. The van der Waals surface area contributed by atoms with Crippen LogP contribution in [0.2, 0.25) is 0 Å². The van der Waals surface area contributed by atoms with Crippen molar-refractivity contribution in [2.45, 2.75) is 0 Å². The molecule has 0 aliphatic carbocycles. The Bertz CT molecular complexity index is 2140. The molecule has 0 bridgehead atoms. The van der Waals surface area contributed by atoms with Crippen molar-refractivity contribution >= 4 is 54.3 Å². The highest BCUT2D eigenvalue weighted by Gasteiger charge is 2.26. The van der Waals surface area contributed by atoms with Crippen molar-refractivity contribution < 1.29 is 26.8 Å². The van der Waals surface area contributed by atoms with Crippen LogP contribution < -0.4 is 14.4 Å². The molecule has 0 atom stereocenters. The van der Waals surface area contributed by atoms with Crippen LogP contribution in [0.25, 0.3) is 54.3 Å². The number of thiazole rings is 1. The number of benzene rings is 3. The van der Waals surface area contributed by atoms with Crippen LogP contribution in [0, 0.1) is 5.82 Å². The number of rotatable bonds is 7. The van der Waals surface area contributed by atoms with Gasteiger partial charge in [0.1, 0.15) is 32.5 Å². The Labute approximate surface area is 250 Å². The third kappa shape index (κ3) is 5.19. The zero-order valence-corrected chi connectivity index (χ0v) is 25.1. The highest BCUT2D eigenvalue weighted by atomic mass is 32.2. The predicted octanol–water partition coefficient (Wildman–Crippen LogP) is 6.34. The number of halogens is 1. The van der Waals surface area contributed by atoms with E-state index in [1.54, 1.807) is 25.3 Å². The highest BCUT2D eigenvalue weighted by molar-refractivity contribution is 7.92. The van der Waals surface area contributed by atoms with E-state index in [1.165, 1.54) is 54.0 Å². The number of furan rings is 1. The monoisotopic (exact) mass is 616 g/mol. The third-order valence-corrected chi connectivity index (χ3v) is 9.27. The SMILES string of the molecule is CNC(=O)c1c(-c2ccc(F)cc2)oc2cc(N(C)S(C)(=O)=O)c(-c3cccc(-c4nc5ccc(OC)nc5s4)c3)cc12. The molecule has 218 valence electrons. The summed E-state index contributed by atoms with van der Waals surface area (Å²) < 4.78 is 51.7. The Morgan fingerprint density at radius 2 is 1.74 bits per heavy atom. The summed E-state index contributed by atoms with van der Waals surface area (Å²) in [6.45, 7) is 0. The van der Waals surface area contributed by atoms with Crippen LogP contribution >= 0.6 is 11.3 Å². The largest absolute Gasteiger partial charge is 0.481 e. The Morgan fingerprint density at radius 3 is 2.44 bits per heavy atom. The first-order chi connectivity index (χ1) is 20.6. The fraction of sp³-hybridized carbons (Fsp3) is 0.129. The minimum Gasteiger partial charge on any atom is -0.481 e. The number of pyridine rings is 1. The van der Waals surface area contributed by atoms with Gasteiger partial charge in [0.05, 0.1) is 24.6 Å². The number of nitrogens with one attached hydrogen (secondary N) is 1. The lowest BCUT2D eigenvalue weighted by Gasteiger charge is -2.21. The molecule has 3 aromatic carbocycles. The van der Waals surface area contributed by atoms with Crippen LogP contribution in [0.3, 0.4) is 0 Å². The van der Waals surface area contributed by atoms with Crippen LogP contribution in [0.5, 0.6) is 5.88 Å². The molecule has 1 amide bonds. The molecule has 12 heteroatoms. The smallest absolute Gasteiger partial charge is 0.255 e. The predicted molar refractivity (Wildman–Crippen MR) is 167 cm³/mol. The van der Waals surface area contributed by atoms with E-state index in [2.05, 4.69) is 10.3 Å². The van der Waals surface area contributed by atoms with Crippen molar-refractivity contribution in [3.8, 4) is 38.9 Å². The standard InChI is InChI=1S/C31H25FN4O5S2/c1-33-29(37)27-22-15-21(18-6-5-7-19(14-18)30-34-23-12-13-26(40-3)35-31(23)42-30)24(36(2)43(4,38)39)16-25(22)41-28(27)17-8-10-20(32)11-9-17/h5-16H,1-4H3,(H,33,37). The van der Waals surface area contributed by atoms with Crippen LogP contribution in [0.4, 0.5) is 10.1 Å². The first-order valence-corrected chi connectivity index (χ1v) is 15.7. The Morgan fingerprint density at radius 1 is 1.00 bits per heavy atom. The van der Waals surface area contributed by atoms with E-state index >= 15 is 0 Å². The number of amides is 1. The first-order valence-electron chi connectivity index (χ1n) is 13.0. The number of methoxy groups -OCH3 is 1. The minimum atomic E-state index is -3.68. The summed E-state index contributed by atoms with van der Waals surface area (Å²) in [6, 6.07) is 20.1. The summed E-state index contributed by atoms with van der Waals surface area (Å²) in [6.07, 6.45) is 1.11. The third-order valence-electron chi connectivity index (χ3n) is 7.06. The van der Waals surface area contributed by atoms with Crippen molar-refractivity contribution in [1.29, 1.82) is 0 Å². The van der Waals surface area contributed by atoms with Crippen LogP contribution in [0.1, 0.15) is 10.4 Å². The molecule has 0 saturated heterocycles. The first kappa shape index (κ1) is 28.3. The van der Waals surface area contributed by atoms with Crippen molar-refractivity contribution in [3.05, 3.63) is 84.2 Å². The summed E-state index contributed by atoms with van der Waals surface area (Å²) in [4.78, 5) is 23.1. The molecule has 6 rings (SSSR count). The van der Waals surface area contributed by atoms with E-state index in [-0.39, 0.29) is 11.3 Å². The molecule has 0 radical (unpaired) electrons. The fourth-order valence-electron chi connectivity index (χ4n) is 4.81. The maximum Gasteiger partial charge on any atom is 0.255 e. The number of carbonyl (C=O) groups excluding carboxylic acids is 1. The number of ether oxygens (including phenoxy) is 1. The lowest BCUT2D eigenvalue weighted by atomic mass is 9.97. The van der Waals surface area contributed by atoms with Gasteiger partial charge < -0.3 is 14.5 Å². The summed E-state index contributed by atoms with van der Waals surface area (Å²) in [7, 11) is 0.839. The topological polar surface area (TPSA) is 115 Å². The van der Waals surface area contributed by atoms with Gasteiger partial charge >= 0.3 is 0 Å². The summed E-state index contributed by atoms with van der Waals surface area (Å²) in [5.41, 5.74) is 4.19. The number of aromatic nitrogens is 2. The molecule has 0 saturated carbocycles. The van der Waals surface area contributed by atoms with Gasteiger partial charge in [-0.2, -0.15) is 0 Å². The fourth-order valence-corrected chi connectivity index (χ4v) is 6.25. The van der Waals surface area contributed by atoms with E-state index in [0.717, 1.165) is 27.2 Å². The molecule has 3 heterocycles. The lowest BCUT2D eigenvalue weighted by Crippen LogP contribution is -2.25. The van der Waals surface area contributed by atoms with Crippen LogP contribution in [-0.4, -0.2) is 51.8 Å². The van der Waals surface area contributed by atoms with Gasteiger partial charge in [0.15, 0.2) is 0 Å². The zero-order chi connectivity index (χ0) is 30.5. The maximum absolute atomic E-state index is 13.7. The normalized spacial score (nSPS) is 11.7. The van der Waals surface area contributed by atoms with Gasteiger partial charge in [0.2, 0.25) is 15.9 Å². The summed E-state index contributed by atoms with van der Waals surface area (Å²) in [5, 5.41) is 3.85. The zero-order valence-electron chi connectivity index (χ0n) is 23.5. The number of hydrogen-bond acceptors (Lipinski definition) is 8. The number of fused-ring (bicyclic) bond motifs is 2. The highest BCUT2D eigenvalue weighted by Crippen LogP contribution is 2.42. The second-order valence-electron chi connectivity index (χ2n) is 9.77. The molecule has 0 spiro atoms. The maximum atomic E-state index is 13.7. The van der Waals surface area contributed by atoms with Crippen LogP contribution in [0.15, 0.2) is 77.2 Å². The second kappa shape index (κ2) is 10.8. The van der Waals surface area contributed by atoms with E-state index < -0.39 is 21.7 Å². The van der Waals surface area contributed by atoms with Gasteiger partial charge in [-0.3, -0.25) is 9.10 Å². The van der Waals surface area contributed by atoms with Gasteiger partial charge in [-0.15, -0.1) is 0 Å². The van der Waals surface area contributed by atoms with Crippen molar-refractivity contribution in [1.82, 2.24) is 15.3 Å². The molecule has 0 aliphatic heterocycles. The average Bonchev–Trinajstić information content (AvgIpc) is 3.60. The van der Waals surface area contributed by atoms with Crippen molar-refractivity contribution in [2.75, 3.05) is 31.8 Å². The van der Waals surface area contributed by atoms with Gasteiger partial charge in [0, 0.05) is 48.3 Å². The van der Waals surface area contributed by atoms with Gasteiger partial charge in [-0.05, 0) is 48.0 Å². The number of carbonyl (C=O) groups is 1. The minimum absolute atomic E-state index is 0.241. The van der Waals surface area contributed by atoms with Gasteiger partial charge in [0.25, 0.3) is 5.91 Å². The van der Waals surface area contributed by atoms with E-state index in [0.29, 0.717) is 39.2 Å². The molecular weight excluding hydrogens is 591 g/mol. The number of sulfonamides is 1. The quantitative estimate of drug-likeness (QED) is 0.223. The average molecular weight is 617 g/mol. The van der Waals surface area contributed by atoms with Crippen LogP contribution in [-0.2, 0) is 10.0 Å². The molecule has 1 N–H and O–H groups in total. The molecule has 3 aromatic heterocycles. The van der Waals surface area contributed by atoms with Gasteiger partial charge in [-0.25, -0.2) is 22.8 Å². The van der Waals surface area contributed by atoms with E-state index in [9.17, 15) is 17.6 Å². The van der Waals surface area contributed by atoms with E-state index in [4.69, 9.17) is 14.1 Å². The molecular formula is C31H25FN4O5S2.